The first kappa shape index (κ1) is 19.2. The van der Waals surface area contributed by atoms with E-state index in [4.69, 9.17) is 15.5 Å². The van der Waals surface area contributed by atoms with Crippen molar-refractivity contribution in [3.05, 3.63) is 36.7 Å². The maximum absolute atomic E-state index is 14.4. The lowest BCUT2D eigenvalue weighted by Gasteiger charge is -2.21. The van der Waals surface area contributed by atoms with E-state index < -0.39 is 0 Å². The minimum Gasteiger partial charge on any atom is -0.421 e. The molecule has 4 aromatic rings. The molecule has 2 aliphatic rings. The molecular formula is C22H23FN8O. The number of aromatic nitrogens is 5. The molecule has 164 valence electrons. The van der Waals surface area contributed by atoms with Crippen LogP contribution in [0.1, 0.15) is 19.3 Å². The van der Waals surface area contributed by atoms with E-state index in [1.807, 2.05) is 0 Å². The number of aromatic amines is 1. The zero-order valence-corrected chi connectivity index (χ0v) is 17.6. The number of benzene rings is 1. The van der Waals surface area contributed by atoms with Crippen molar-refractivity contribution >= 4 is 33.4 Å². The van der Waals surface area contributed by atoms with Gasteiger partial charge in [0.25, 0.3) is 0 Å². The third-order valence-corrected chi connectivity index (χ3v) is 6.63. The monoisotopic (exact) mass is 434 g/mol. The van der Waals surface area contributed by atoms with Crippen LogP contribution in [-0.4, -0.2) is 50.6 Å². The second kappa shape index (κ2) is 6.99. The van der Waals surface area contributed by atoms with Crippen molar-refractivity contribution in [2.75, 3.05) is 30.4 Å². The normalized spacial score (nSPS) is 19.6. The van der Waals surface area contributed by atoms with Crippen LogP contribution in [0.5, 0.6) is 11.8 Å². The lowest BCUT2D eigenvalue weighted by molar-refractivity contribution is 0.437. The number of fused-ring (bicyclic) bond motifs is 3. The van der Waals surface area contributed by atoms with Crippen LogP contribution in [0.4, 0.5) is 15.9 Å². The van der Waals surface area contributed by atoms with Gasteiger partial charge < -0.3 is 25.7 Å². The molecular weight excluding hydrogens is 411 g/mol. The number of hydrogen-bond donors (Lipinski definition) is 3. The number of ether oxygens (including phenoxy) is 1. The lowest BCUT2D eigenvalue weighted by atomic mass is 9.98. The van der Waals surface area contributed by atoms with Gasteiger partial charge >= 0.3 is 6.01 Å². The van der Waals surface area contributed by atoms with Gasteiger partial charge in [-0.05, 0) is 37.3 Å². The molecule has 1 unspecified atom stereocenters. The Morgan fingerprint density at radius 2 is 2.06 bits per heavy atom. The van der Waals surface area contributed by atoms with Crippen molar-refractivity contribution in [2.24, 2.45) is 11.7 Å². The van der Waals surface area contributed by atoms with E-state index in [1.54, 1.807) is 19.4 Å². The van der Waals surface area contributed by atoms with Crippen LogP contribution >= 0.6 is 0 Å². The van der Waals surface area contributed by atoms with E-state index in [-0.39, 0.29) is 17.4 Å². The van der Waals surface area contributed by atoms with E-state index >= 15 is 0 Å². The van der Waals surface area contributed by atoms with Crippen molar-refractivity contribution in [1.82, 2.24) is 24.9 Å². The molecule has 6 rings (SSSR count). The topological polar surface area (TPSA) is 118 Å². The van der Waals surface area contributed by atoms with E-state index in [1.165, 1.54) is 18.5 Å². The molecule has 32 heavy (non-hydrogen) atoms. The van der Waals surface area contributed by atoms with Gasteiger partial charge in [0.2, 0.25) is 0 Å². The van der Waals surface area contributed by atoms with Crippen molar-refractivity contribution in [3.8, 4) is 11.8 Å². The summed E-state index contributed by atoms with van der Waals surface area (Å²) in [5, 5.41) is 4.55. The molecule has 0 radical (unpaired) electrons. The predicted octanol–water partition coefficient (Wildman–Crippen LogP) is 3.19. The average molecular weight is 434 g/mol. The summed E-state index contributed by atoms with van der Waals surface area (Å²) in [6.45, 7) is 1.63. The Bertz CT molecular complexity index is 1320. The van der Waals surface area contributed by atoms with Gasteiger partial charge in [-0.25, -0.2) is 14.4 Å². The summed E-state index contributed by atoms with van der Waals surface area (Å²) in [6.07, 6.45) is 7.67. The molecule has 1 saturated carbocycles. The van der Waals surface area contributed by atoms with E-state index in [0.717, 1.165) is 48.6 Å². The lowest BCUT2D eigenvalue weighted by Crippen LogP contribution is -2.34. The Hall–Kier alpha value is -3.53. The minimum atomic E-state index is -0.325. The van der Waals surface area contributed by atoms with Gasteiger partial charge in [-0.3, -0.25) is 0 Å². The second-order valence-corrected chi connectivity index (χ2v) is 8.65. The highest BCUT2D eigenvalue weighted by atomic mass is 19.1. The van der Waals surface area contributed by atoms with Crippen LogP contribution in [0.2, 0.25) is 0 Å². The number of nitrogens with one attached hydrogen (secondary N) is 2. The molecule has 2 fully saturated rings. The molecule has 4 N–H and O–H groups in total. The zero-order valence-electron chi connectivity index (χ0n) is 17.6. The van der Waals surface area contributed by atoms with Crippen LogP contribution in [-0.2, 0) is 0 Å². The Labute approximate surface area is 183 Å². The molecule has 1 aromatic carbocycles. The van der Waals surface area contributed by atoms with Gasteiger partial charge in [0.05, 0.1) is 29.0 Å². The Morgan fingerprint density at radius 1 is 1.25 bits per heavy atom. The van der Waals surface area contributed by atoms with Crippen molar-refractivity contribution in [3.63, 3.8) is 0 Å². The maximum atomic E-state index is 14.4. The number of rotatable bonds is 5. The summed E-state index contributed by atoms with van der Waals surface area (Å²) in [4.78, 5) is 22.8. The number of nitrogens with two attached hydrogens (primary N) is 1. The summed E-state index contributed by atoms with van der Waals surface area (Å²) in [6, 6.07) is 3.16. The highest BCUT2D eigenvalue weighted by Gasteiger charge is 2.48. The summed E-state index contributed by atoms with van der Waals surface area (Å²) < 4.78 is 20.3. The van der Waals surface area contributed by atoms with Crippen molar-refractivity contribution < 1.29 is 9.13 Å². The molecule has 0 spiro atoms. The highest BCUT2D eigenvalue weighted by molar-refractivity contribution is 6.14. The SMILES string of the molecule is CNc1cc(F)cc2c1[nH]c1nc(Oc3cncnc3)nc(N3CCC(C4(N)CC4)C3)c12. The van der Waals surface area contributed by atoms with Gasteiger partial charge in [0.15, 0.2) is 5.75 Å². The van der Waals surface area contributed by atoms with Crippen LogP contribution in [0, 0.1) is 11.7 Å². The number of H-pyrrole nitrogens is 1. The first-order valence-electron chi connectivity index (χ1n) is 10.7. The molecule has 1 aliphatic carbocycles. The smallest absolute Gasteiger partial charge is 0.326 e. The molecule has 0 amide bonds. The molecule has 0 bridgehead atoms. The standard InChI is InChI=1S/C22H23FN8O/c1-25-16-7-13(23)6-15-17-19(28-18(15)16)29-21(32-14-8-26-11-27-9-14)30-20(17)31-5-2-12(10-31)22(24)3-4-22/h6-9,11-12,25H,2-5,10,24H2,1H3,(H,28,29,30). The van der Waals surface area contributed by atoms with Crippen LogP contribution in [0.3, 0.4) is 0 Å². The third-order valence-electron chi connectivity index (χ3n) is 6.63. The summed E-state index contributed by atoms with van der Waals surface area (Å²) >= 11 is 0. The van der Waals surface area contributed by atoms with E-state index in [0.29, 0.717) is 28.8 Å². The molecule has 1 aliphatic heterocycles. The zero-order chi connectivity index (χ0) is 21.9. The number of halogens is 1. The second-order valence-electron chi connectivity index (χ2n) is 8.65. The highest BCUT2D eigenvalue weighted by Crippen LogP contribution is 2.45. The predicted molar refractivity (Wildman–Crippen MR) is 119 cm³/mol. The van der Waals surface area contributed by atoms with Crippen LogP contribution in [0.25, 0.3) is 21.9 Å². The summed E-state index contributed by atoms with van der Waals surface area (Å²) in [5.41, 5.74) is 8.45. The van der Waals surface area contributed by atoms with E-state index in [9.17, 15) is 4.39 Å². The van der Waals surface area contributed by atoms with Gasteiger partial charge in [0.1, 0.15) is 23.6 Å². The fourth-order valence-electron chi connectivity index (χ4n) is 4.71. The quantitative estimate of drug-likeness (QED) is 0.438. The fraction of sp³-hybridized carbons (Fsp3) is 0.364. The van der Waals surface area contributed by atoms with Gasteiger partial charge in [-0.15, -0.1) is 0 Å². The summed E-state index contributed by atoms with van der Waals surface area (Å²) in [7, 11) is 1.76. The number of hydrogen-bond acceptors (Lipinski definition) is 8. The van der Waals surface area contributed by atoms with Gasteiger partial charge in [0, 0.05) is 31.1 Å². The fourth-order valence-corrected chi connectivity index (χ4v) is 4.71. The summed E-state index contributed by atoms with van der Waals surface area (Å²) in [5.74, 6) is 1.24. The molecule has 10 heteroatoms. The maximum Gasteiger partial charge on any atom is 0.326 e. The Balaban J connectivity index is 1.52. The number of nitrogens with zero attached hydrogens (tertiary/aromatic N) is 5. The Kier molecular flexibility index (Phi) is 4.19. The van der Waals surface area contributed by atoms with Crippen LogP contribution < -0.4 is 20.7 Å². The van der Waals surface area contributed by atoms with Crippen molar-refractivity contribution in [1.29, 1.82) is 0 Å². The Morgan fingerprint density at radius 3 is 2.81 bits per heavy atom. The van der Waals surface area contributed by atoms with Crippen molar-refractivity contribution in [2.45, 2.75) is 24.8 Å². The average Bonchev–Trinajstić information content (AvgIpc) is 3.21. The number of anilines is 2. The van der Waals surface area contributed by atoms with E-state index in [2.05, 4.69) is 30.2 Å². The third kappa shape index (κ3) is 3.10. The van der Waals surface area contributed by atoms with Gasteiger partial charge in [-0.2, -0.15) is 9.97 Å². The minimum absolute atomic E-state index is 0.0623. The molecule has 1 saturated heterocycles. The van der Waals surface area contributed by atoms with Crippen LogP contribution in [0.15, 0.2) is 30.9 Å². The largest absolute Gasteiger partial charge is 0.421 e. The molecule has 9 nitrogen and oxygen atoms in total. The van der Waals surface area contributed by atoms with Gasteiger partial charge in [-0.1, -0.05) is 0 Å². The first-order valence-corrected chi connectivity index (χ1v) is 10.7. The molecule has 3 aromatic heterocycles. The first-order chi connectivity index (χ1) is 15.5. The molecule has 4 heterocycles. The molecule has 1 atom stereocenters.